The highest BCUT2D eigenvalue weighted by Crippen LogP contribution is 2.31. The fourth-order valence-corrected chi connectivity index (χ4v) is 5.18. The van der Waals surface area contributed by atoms with Gasteiger partial charge in [0.25, 0.3) is 0 Å². The molecule has 158 valence electrons. The van der Waals surface area contributed by atoms with E-state index in [0.29, 0.717) is 23.8 Å². The zero-order valence-electron chi connectivity index (χ0n) is 16.7. The first-order valence-electron chi connectivity index (χ1n) is 9.87. The molecule has 0 saturated heterocycles. The normalized spacial score (nSPS) is 16.7. The number of pyridine rings is 1. The highest BCUT2D eigenvalue weighted by molar-refractivity contribution is 7.91. The lowest BCUT2D eigenvalue weighted by atomic mass is 10.1. The van der Waals surface area contributed by atoms with Crippen LogP contribution < -0.4 is 10.2 Å². The van der Waals surface area contributed by atoms with Crippen LogP contribution in [0, 0.1) is 6.92 Å². The van der Waals surface area contributed by atoms with Gasteiger partial charge in [0.1, 0.15) is 5.82 Å². The molecule has 0 aliphatic carbocycles. The largest absolute Gasteiger partial charge is 0.394 e. The maximum atomic E-state index is 12.7. The van der Waals surface area contributed by atoms with E-state index in [1.165, 1.54) is 0 Å². The molecule has 0 bridgehead atoms. The Balaban J connectivity index is 1.76. The fourth-order valence-electron chi connectivity index (χ4n) is 3.68. The van der Waals surface area contributed by atoms with Gasteiger partial charge in [-0.3, -0.25) is 0 Å². The van der Waals surface area contributed by atoms with Gasteiger partial charge in [-0.15, -0.1) is 0 Å². The van der Waals surface area contributed by atoms with Crippen molar-refractivity contribution < 1.29 is 18.6 Å². The van der Waals surface area contributed by atoms with E-state index in [1.807, 2.05) is 48.2 Å². The summed E-state index contributed by atoms with van der Waals surface area (Å²) in [5.41, 5.74) is 3.40. The molecule has 1 atom stereocenters. The monoisotopic (exact) mass is 427 g/mol. The van der Waals surface area contributed by atoms with Crippen molar-refractivity contribution in [1.29, 1.82) is 0 Å². The van der Waals surface area contributed by atoms with E-state index in [1.54, 1.807) is 12.1 Å². The molecule has 2 heterocycles. The number of benzene rings is 2. The quantitative estimate of drug-likeness (QED) is 0.573. The van der Waals surface area contributed by atoms with Crippen LogP contribution in [0.4, 0.5) is 11.5 Å². The van der Waals surface area contributed by atoms with Crippen LogP contribution in [0.3, 0.4) is 0 Å². The fraction of sp³-hybridized carbons (Fsp3) is 0.318. The third-order valence-corrected chi connectivity index (χ3v) is 7.10. The van der Waals surface area contributed by atoms with Crippen molar-refractivity contribution in [1.82, 2.24) is 4.98 Å². The van der Waals surface area contributed by atoms with Gasteiger partial charge in [-0.1, -0.05) is 29.8 Å². The number of nitrogens with zero attached hydrogens (tertiary/aromatic N) is 2. The number of nitrogens with one attached hydrogen (secondary N) is 1. The molecule has 8 heteroatoms. The minimum Gasteiger partial charge on any atom is -0.394 e. The number of hydrogen-bond donors (Lipinski definition) is 3. The second-order valence-corrected chi connectivity index (χ2v) is 9.69. The average molecular weight is 428 g/mol. The van der Waals surface area contributed by atoms with Gasteiger partial charge in [0.15, 0.2) is 9.84 Å². The summed E-state index contributed by atoms with van der Waals surface area (Å²) in [4.78, 5) is 7.14. The maximum absolute atomic E-state index is 12.7. The Morgan fingerprint density at radius 3 is 2.80 bits per heavy atom. The molecule has 3 N–H and O–H groups in total. The zero-order chi connectivity index (χ0) is 21.3. The first-order chi connectivity index (χ1) is 14.4. The second-order valence-electron chi connectivity index (χ2n) is 7.61. The lowest BCUT2D eigenvalue weighted by molar-refractivity contribution is 0.105. The molecule has 4 rings (SSSR count). The third-order valence-electron chi connectivity index (χ3n) is 5.31. The summed E-state index contributed by atoms with van der Waals surface area (Å²) in [7, 11) is -3.35. The van der Waals surface area contributed by atoms with Crippen LogP contribution in [-0.4, -0.2) is 55.2 Å². The summed E-state index contributed by atoms with van der Waals surface area (Å²) in [6.45, 7) is 2.64. The summed E-state index contributed by atoms with van der Waals surface area (Å²) < 4.78 is 25.4. The molecule has 7 nitrogen and oxygen atoms in total. The first kappa shape index (κ1) is 20.6. The zero-order valence-corrected chi connectivity index (χ0v) is 17.6. The third kappa shape index (κ3) is 4.12. The molecule has 0 saturated carbocycles. The van der Waals surface area contributed by atoms with Crippen LogP contribution in [0.25, 0.3) is 10.9 Å². The lowest BCUT2D eigenvalue weighted by Crippen LogP contribution is -2.27. The summed E-state index contributed by atoms with van der Waals surface area (Å²) in [6, 6.07) is 14.9. The minimum atomic E-state index is -3.35. The summed E-state index contributed by atoms with van der Waals surface area (Å²) >= 11 is 0. The van der Waals surface area contributed by atoms with Gasteiger partial charge in [0, 0.05) is 36.8 Å². The second kappa shape index (κ2) is 8.22. The number of anilines is 2. The Morgan fingerprint density at radius 1 is 1.20 bits per heavy atom. The van der Waals surface area contributed by atoms with Crippen molar-refractivity contribution in [3.05, 3.63) is 59.7 Å². The predicted molar refractivity (Wildman–Crippen MR) is 118 cm³/mol. The Bertz CT molecular complexity index is 1180. The number of sulfone groups is 1. The van der Waals surface area contributed by atoms with Crippen LogP contribution in [-0.2, 0) is 16.4 Å². The van der Waals surface area contributed by atoms with E-state index >= 15 is 0 Å². The van der Waals surface area contributed by atoms with Crippen molar-refractivity contribution in [3.8, 4) is 0 Å². The van der Waals surface area contributed by atoms with Gasteiger partial charge < -0.3 is 20.4 Å². The maximum Gasteiger partial charge on any atom is 0.180 e. The summed E-state index contributed by atoms with van der Waals surface area (Å²) in [5, 5.41) is 23.0. The molecule has 30 heavy (non-hydrogen) atoms. The van der Waals surface area contributed by atoms with E-state index in [0.717, 1.165) is 27.7 Å². The van der Waals surface area contributed by atoms with Gasteiger partial charge >= 0.3 is 0 Å². The number of aromatic nitrogens is 1. The highest BCUT2D eigenvalue weighted by Gasteiger charge is 2.26. The molecule has 0 fully saturated rings. The molecule has 2 aromatic carbocycles. The van der Waals surface area contributed by atoms with Crippen LogP contribution in [0.1, 0.15) is 11.1 Å². The smallest absolute Gasteiger partial charge is 0.180 e. The van der Waals surface area contributed by atoms with E-state index < -0.39 is 15.9 Å². The molecule has 3 aromatic rings. The van der Waals surface area contributed by atoms with E-state index in [-0.39, 0.29) is 18.9 Å². The van der Waals surface area contributed by atoms with Gasteiger partial charge in [-0.25, -0.2) is 13.4 Å². The molecular formula is C22H25N3O4S. The standard InChI is InChI=1S/C22H25N3O4S/c1-15-6-7-19-18(10-15)20(23-12-17(27)14-26)11-22(24-19)25-8-9-30(28,29)21-5-3-2-4-16(21)13-25/h2-7,10-11,17,26-27H,8-9,12-14H2,1H3,(H,23,24)/t17-/m1/s1. The molecular weight excluding hydrogens is 402 g/mol. The van der Waals surface area contributed by atoms with Gasteiger partial charge in [-0.05, 0) is 30.7 Å². The van der Waals surface area contributed by atoms with Crippen molar-refractivity contribution >= 4 is 32.2 Å². The number of hydrogen-bond acceptors (Lipinski definition) is 7. The summed E-state index contributed by atoms with van der Waals surface area (Å²) in [6.07, 6.45) is -0.878. The van der Waals surface area contributed by atoms with E-state index in [2.05, 4.69) is 5.32 Å². The minimum absolute atomic E-state index is 0.0175. The molecule has 0 unspecified atom stereocenters. The first-order valence-corrected chi connectivity index (χ1v) is 11.5. The van der Waals surface area contributed by atoms with Crippen molar-refractivity contribution in [2.24, 2.45) is 0 Å². The highest BCUT2D eigenvalue weighted by atomic mass is 32.2. The van der Waals surface area contributed by atoms with Crippen LogP contribution in [0.5, 0.6) is 0 Å². The van der Waals surface area contributed by atoms with Crippen molar-refractivity contribution in [2.45, 2.75) is 24.5 Å². The molecule has 1 aliphatic rings. The van der Waals surface area contributed by atoms with E-state index in [4.69, 9.17) is 10.1 Å². The average Bonchev–Trinajstić information content (AvgIpc) is 2.88. The molecule has 0 radical (unpaired) electrons. The van der Waals surface area contributed by atoms with Crippen molar-refractivity contribution in [2.75, 3.05) is 35.7 Å². The van der Waals surface area contributed by atoms with Crippen molar-refractivity contribution in [3.63, 3.8) is 0 Å². The predicted octanol–water partition coefficient (Wildman–Crippen LogP) is 2.10. The van der Waals surface area contributed by atoms with Crippen LogP contribution in [0.15, 0.2) is 53.4 Å². The molecule has 1 aliphatic heterocycles. The topological polar surface area (TPSA) is 103 Å². The SMILES string of the molecule is Cc1ccc2nc(N3CCS(=O)(=O)c4ccccc4C3)cc(NC[C@@H](O)CO)c2c1. The Hall–Kier alpha value is -2.68. The number of aryl methyl sites for hydroxylation is 1. The van der Waals surface area contributed by atoms with Crippen LogP contribution >= 0.6 is 0 Å². The van der Waals surface area contributed by atoms with Gasteiger partial charge in [0.05, 0.1) is 28.9 Å². The number of aliphatic hydroxyl groups excluding tert-OH is 2. The Kier molecular flexibility index (Phi) is 5.64. The lowest BCUT2D eigenvalue weighted by Gasteiger charge is -2.23. The van der Waals surface area contributed by atoms with Crippen LogP contribution in [0.2, 0.25) is 0 Å². The number of rotatable bonds is 5. The summed E-state index contributed by atoms with van der Waals surface area (Å²) in [5.74, 6) is 0.683. The number of aliphatic hydroxyl groups is 2. The van der Waals surface area contributed by atoms with Gasteiger partial charge in [0.2, 0.25) is 0 Å². The Morgan fingerprint density at radius 2 is 2.00 bits per heavy atom. The van der Waals surface area contributed by atoms with Gasteiger partial charge in [-0.2, -0.15) is 0 Å². The Labute approximate surface area is 175 Å². The molecule has 0 amide bonds. The number of fused-ring (bicyclic) bond motifs is 2. The molecule has 0 spiro atoms. The molecule has 1 aromatic heterocycles. The van der Waals surface area contributed by atoms with E-state index in [9.17, 15) is 13.5 Å².